The predicted octanol–water partition coefficient (Wildman–Crippen LogP) is 2.73. The van der Waals surface area contributed by atoms with Crippen molar-refractivity contribution in [3.63, 3.8) is 0 Å². The molecule has 0 saturated carbocycles. The van der Waals surface area contributed by atoms with Crippen molar-refractivity contribution in [3.05, 3.63) is 45.3 Å². The van der Waals surface area contributed by atoms with Gasteiger partial charge in [0, 0.05) is 23.6 Å². The van der Waals surface area contributed by atoms with Gasteiger partial charge < -0.3 is 5.32 Å². The van der Waals surface area contributed by atoms with Crippen molar-refractivity contribution in [2.75, 3.05) is 13.1 Å². The van der Waals surface area contributed by atoms with Crippen LogP contribution in [0.3, 0.4) is 0 Å². The molecule has 1 aromatic rings. The monoisotopic (exact) mass is 232 g/mol. The van der Waals surface area contributed by atoms with Gasteiger partial charge in [0.25, 0.3) is 5.91 Å². The summed E-state index contributed by atoms with van der Waals surface area (Å²) in [6.07, 6.45) is 0.653. The Bertz CT molecular complexity index is 430. The van der Waals surface area contributed by atoms with Crippen molar-refractivity contribution in [1.82, 2.24) is 5.32 Å². The second kappa shape index (κ2) is 6.55. The number of carbonyl (C=O) groups is 1. The summed E-state index contributed by atoms with van der Waals surface area (Å²) in [7, 11) is 0. The lowest BCUT2D eigenvalue weighted by atomic mass is 10.1. The quantitative estimate of drug-likeness (QED) is 0.360. The molecule has 5 heteroatoms. The van der Waals surface area contributed by atoms with Crippen LogP contribution in [0.2, 0.25) is 0 Å². The van der Waals surface area contributed by atoms with Gasteiger partial charge in [-0.25, -0.2) is 0 Å². The molecular formula is C12H16N4O. The Morgan fingerprint density at radius 1 is 1.35 bits per heavy atom. The summed E-state index contributed by atoms with van der Waals surface area (Å²) in [5.74, 6) is -0.0854. The van der Waals surface area contributed by atoms with Crippen molar-refractivity contribution in [2.24, 2.45) is 5.11 Å². The maximum absolute atomic E-state index is 11.8. The van der Waals surface area contributed by atoms with Crippen LogP contribution in [0.4, 0.5) is 0 Å². The van der Waals surface area contributed by atoms with Gasteiger partial charge in [-0.15, -0.1) is 0 Å². The molecule has 0 aliphatic carbocycles. The van der Waals surface area contributed by atoms with Crippen LogP contribution in [-0.4, -0.2) is 19.0 Å². The van der Waals surface area contributed by atoms with Crippen LogP contribution in [-0.2, 0) is 0 Å². The van der Waals surface area contributed by atoms with E-state index in [1.165, 1.54) is 0 Å². The summed E-state index contributed by atoms with van der Waals surface area (Å²) >= 11 is 0. The number of rotatable bonds is 5. The van der Waals surface area contributed by atoms with E-state index in [-0.39, 0.29) is 5.91 Å². The fourth-order valence-electron chi connectivity index (χ4n) is 1.60. The van der Waals surface area contributed by atoms with Gasteiger partial charge in [0.05, 0.1) is 0 Å². The first-order valence-electron chi connectivity index (χ1n) is 5.51. The van der Waals surface area contributed by atoms with Crippen molar-refractivity contribution in [1.29, 1.82) is 0 Å². The number of hydrogen-bond donors (Lipinski definition) is 1. The number of amides is 1. The molecule has 0 radical (unpaired) electrons. The van der Waals surface area contributed by atoms with Crippen molar-refractivity contribution >= 4 is 5.91 Å². The highest BCUT2D eigenvalue weighted by atomic mass is 16.1. The van der Waals surface area contributed by atoms with Gasteiger partial charge in [-0.05, 0) is 37.9 Å². The molecule has 1 aromatic carbocycles. The Labute approximate surface area is 100 Å². The van der Waals surface area contributed by atoms with Crippen LogP contribution >= 0.6 is 0 Å². The molecule has 1 N–H and O–H groups in total. The molecule has 0 bridgehead atoms. The van der Waals surface area contributed by atoms with E-state index in [1.807, 2.05) is 32.0 Å². The maximum Gasteiger partial charge on any atom is 0.251 e. The largest absolute Gasteiger partial charge is 0.352 e. The van der Waals surface area contributed by atoms with Crippen LogP contribution in [0.15, 0.2) is 23.3 Å². The molecule has 0 aromatic heterocycles. The van der Waals surface area contributed by atoms with E-state index in [4.69, 9.17) is 5.53 Å². The first kappa shape index (κ1) is 13.1. The summed E-state index contributed by atoms with van der Waals surface area (Å²) in [6.45, 7) is 4.85. The summed E-state index contributed by atoms with van der Waals surface area (Å²) in [6, 6.07) is 5.74. The van der Waals surface area contributed by atoms with Crippen molar-refractivity contribution in [3.8, 4) is 0 Å². The average Bonchev–Trinajstić information content (AvgIpc) is 2.27. The second-order valence-electron chi connectivity index (χ2n) is 3.94. The summed E-state index contributed by atoms with van der Waals surface area (Å²) in [5.41, 5.74) is 10.9. The molecule has 0 heterocycles. The Morgan fingerprint density at radius 2 is 2.00 bits per heavy atom. The minimum atomic E-state index is -0.0854. The highest BCUT2D eigenvalue weighted by molar-refractivity contribution is 5.94. The van der Waals surface area contributed by atoms with E-state index in [0.717, 1.165) is 11.1 Å². The van der Waals surface area contributed by atoms with Gasteiger partial charge in [-0.1, -0.05) is 22.3 Å². The molecule has 0 aliphatic heterocycles. The highest BCUT2D eigenvalue weighted by Gasteiger charge is 2.05. The number of benzene rings is 1. The maximum atomic E-state index is 11.8. The van der Waals surface area contributed by atoms with Crippen LogP contribution in [0, 0.1) is 13.8 Å². The zero-order valence-corrected chi connectivity index (χ0v) is 10.1. The lowest BCUT2D eigenvalue weighted by Crippen LogP contribution is -2.25. The lowest BCUT2D eigenvalue weighted by Gasteiger charge is -2.06. The Kier molecular flexibility index (Phi) is 5.04. The summed E-state index contributed by atoms with van der Waals surface area (Å²) < 4.78 is 0. The molecule has 5 nitrogen and oxygen atoms in total. The molecule has 1 amide bonds. The topological polar surface area (TPSA) is 77.9 Å². The SMILES string of the molecule is Cc1cc(C)cc(C(=O)NCCCN=[N+]=[N-])c1. The molecule has 90 valence electrons. The molecule has 17 heavy (non-hydrogen) atoms. The Balaban J connectivity index is 2.49. The second-order valence-corrected chi connectivity index (χ2v) is 3.94. The Hall–Kier alpha value is -2.00. The normalized spacial score (nSPS) is 9.53. The van der Waals surface area contributed by atoms with Gasteiger partial charge >= 0.3 is 0 Å². The molecule has 0 unspecified atom stereocenters. The number of carbonyl (C=O) groups excluding carboxylic acids is 1. The smallest absolute Gasteiger partial charge is 0.251 e. The molecule has 0 aliphatic rings. The van der Waals surface area contributed by atoms with Crippen molar-refractivity contribution < 1.29 is 4.79 Å². The molecule has 0 spiro atoms. The fourth-order valence-corrected chi connectivity index (χ4v) is 1.60. The standard InChI is InChI=1S/C12H16N4O/c1-9-6-10(2)8-11(7-9)12(17)14-4-3-5-15-16-13/h6-8H,3-5H2,1-2H3,(H,14,17). The van der Waals surface area contributed by atoms with E-state index >= 15 is 0 Å². The van der Waals surface area contributed by atoms with E-state index in [2.05, 4.69) is 15.3 Å². The third-order valence-electron chi connectivity index (χ3n) is 2.27. The third-order valence-corrected chi connectivity index (χ3v) is 2.27. The molecule has 0 fully saturated rings. The van der Waals surface area contributed by atoms with Gasteiger partial charge in [-0.3, -0.25) is 4.79 Å². The Morgan fingerprint density at radius 3 is 2.59 bits per heavy atom. The number of azide groups is 1. The number of nitrogens with zero attached hydrogens (tertiary/aromatic N) is 3. The van der Waals surface area contributed by atoms with E-state index in [9.17, 15) is 4.79 Å². The fraction of sp³-hybridized carbons (Fsp3) is 0.417. The van der Waals surface area contributed by atoms with Crippen LogP contribution in [0.5, 0.6) is 0 Å². The first-order chi connectivity index (χ1) is 8.13. The van der Waals surface area contributed by atoms with Gasteiger partial charge in [-0.2, -0.15) is 0 Å². The van der Waals surface area contributed by atoms with Crippen LogP contribution in [0.25, 0.3) is 10.4 Å². The van der Waals surface area contributed by atoms with Gasteiger partial charge in [0.2, 0.25) is 0 Å². The zero-order valence-electron chi connectivity index (χ0n) is 10.1. The molecule has 0 saturated heterocycles. The minimum Gasteiger partial charge on any atom is -0.352 e. The van der Waals surface area contributed by atoms with E-state index in [1.54, 1.807) is 0 Å². The van der Waals surface area contributed by atoms with E-state index in [0.29, 0.717) is 25.1 Å². The summed E-state index contributed by atoms with van der Waals surface area (Å²) in [5, 5.41) is 6.19. The average molecular weight is 232 g/mol. The van der Waals surface area contributed by atoms with Crippen molar-refractivity contribution in [2.45, 2.75) is 20.3 Å². The van der Waals surface area contributed by atoms with Gasteiger partial charge in [0.15, 0.2) is 0 Å². The third kappa shape index (κ3) is 4.57. The molecule has 0 atom stereocenters. The van der Waals surface area contributed by atoms with Gasteiger partial charge in [0.1, 0.15) is 0 Å². The van der Waals surface area contributed by atoms with Crippen LogP contribution < -0.4 is 5.32 Å². The predicted molar refractivity (Wildman–Crippen MR) is 66.9 cm³/mol. The molecular weight excluding hydrogens is 216 g/mol. The number of nitrogens with one attached hydrogen (secondary N) is 1. The zero-order chi connectivity index (χ0) is 12.7. The number of hydrogen-bond acceptors (Lipinski definition) is 2. The lowest BCUT2D eigenvalue weighted by molar-refractivity contribution is 0.0953. The number of aryl methyl sites for hydroxylation is 2. The summed E-state index contributed by atoms with van der Waals surface area (Å²) in [4.78, 5) is 14.4. The highest BCUT2D eigenvalue weighted by Crippen LogP contribution is 2.08. The van der Waals surface area contributed by atoms with Crippen LogP contribution in [0.1, 0.15) is 27.9 Å². The minimum absolute atomic E-state index is 0.0854. The molecule has 1 rings (SSSR count). The van der Waals surface area contributed by atoms with E-state index < -0.39 is 0 Å². The first-order valence-corrected chi connectivity index (χ1v) is 5.51.